The number of amides is 2. The van der Waals surface area contributed by atoms with Crippen LogP contribution in [-0.4, -0.2) is 62.3 Å². The Hall–Kier alpha value is -1.14. The van der Waals surface area contributed by atoms with Gasteiger partial charge < -0.3 is 19.7 Å². The second-order valence-corrected chi connectivity index (χ2v) is 5.30. The van der Waals surface area contributed by atoms with Crippen molar-refractivity contribution in [3.8, 4) is 0 Å². The van der Waals surface area contributed by atoms with E-state index >= 15 is 0 Å². The third kappa shape index (κ3) is 4.18. The summed E-state index contributed by atoms with van der Waals surface area (Å²) in [6, 6.07) is -0.812. The van der Waals surface area contributed by atoms with Crippen molar-refractivity contribution in [3.05, 3.63) is 0 Å². The molecule has 1 fully saturated rings. The molecule has 1 saturated heterocycles. The number of methoxy groups -OCH3 is 1. The highest BCUT2D eigenvalue weighted by atomic mass is 16.5. The fourth-order valence-electron chi connectivity index (χ4n) is 2.39. The lowest BCUT2D eigenvalue weighted by Gasteiger charge is -2.40. The van der Waals surface area contributed by atoms with Crippen LogP contribution in [0.15, 0.2) is 0 Å². The van der Waals surface area contributed by atoms with Gasteiger partial charge >= 0.3 is 0 Å². The van der Waals surface area contributed by atoms with Crippen molar-refractivity contribution >= 4 is 11.8 Å². The van der Waals surface area contributed by atoms with Gasteiger partial charge in [-0.1, -0.05) is 20.8 Å². The number of nitrogens with zero attached hydrogens (tertiary/aromatic N) is 1. The second kappa shape index (κ2) is 8.21. The Kier molecular flexibility index (Phi) is 6.95. The summed E-state index contributed by atoms with van der Waals surface area (Å²) in [5.41, 5.74) is 0. The zero-order valence-electron chi connectivity index (χ0n) is 12.8. The van der Waals surface area contributed by atoms with Crippen LogP contribution in [0.3, 0.4) is 0 Å². The molecule has 0 aromatic heterocycles. The molecule has 20 heavy (non-hydrogen) atoms. The molecule has 1 aliphatic rings. The molecule has 0 saturated carbocycles. The van der Waals surface area contributed by atoms with Gasteiger partial charge in [-0.3, -0.25) is 9.59 Å². The number of nitrogens with one attached hydrogen (secondary N) is 1. The Morgan fingerprint density at radius 2 is 1.95 bits per heavy atom. The van der Waals surface area contributed by atoms with Crippen LogP contribution in [0, 0.1) is 5.92 Å². The van der Waals surface area contributed by atoms with Gasteiger partial charge in [0.25, 0.3) is 0 Å². The molecule has 1 rings (SSSR count). The summed E-state index contributed by atoms with van der Waals surface area (Å²) in [6.45, 7) is 7.67. The summed E-state index contributed by atoms with van der Waals surface area (Å²) in [5, 5.41) is 2.80. The van der Waals surface area contributed by atoms with Gasteiger partial charge in [-0.2, -0.15) is 0 Å². The van der Waals surface area contributed by atoms with Crippen molar-refractivity contribution in [1.29, 1.82) is 0 Å². The third-order valence-corrected chi connectivity index (χ3v) is 3.45. The summed E-state index contributed by atoms with van der Waals surface area (Å²) in [7, 11) is 1.61. The zero-order valence-corrected chi connectivity index (χ0v) is 12.8. The van der Waals surface area contributed by atoms with E-state index in [2.05, 4.69) is 5.32 Å². The lowest BCUT2D eigenvalue weighted by Crippen LogP contribution is -2.65. The highest BCUT2D eigenvalue weighted by Gasteiger charge is 2.40. The molecular weight excluding hydrogens is 260 g/mol. The molecule has 1 aliphatic heterocycles. The number of hydrogen-bond donors (Lipinski definition) is 1. The van der Waals surface area contributed by atoms with Crippen LogP contribution in [0.4, 0.5) is 0 Å². The molecule has 0 aromatic rings. The summed E-state index contributed by atoms with van der Waals surface area (Å²) >= 11 is 0. The molecule has 0 radical (unpaired) electrons. The summed E-state index contributed by atoms with van der Waals surface area (Å²) < 4.78 is 10.3. The second-order valence-electron chi connectivity index (χ2n) is 5.30. The van der Waals surface area contributed by atoms with E-state index in [-0.39, 0.29) is 17.7 Å². The predicted molar refractivity (Wildman–Crippen MR) is 75.3 cm³/mol. The average molecular weight is 286 g/mol. The molecule has 2 unspecified atom stereocenters. The smallest absolute Gasteiger partial charge is 0.245 e. The van der Waals surface area contributed by atoms with Gasteiger partial charge in [0, 0.05) is 13.7 Å². The van der Waals surface area contributed by atoms with E-state index in [1.165, 1.54) is 0 Å². The zero-order chi connectivity index (χ0) is 15.1. The molecule has 1 N–H and O–H groups in total. The Morgan fingerprint density at radius 1 is 1.25 bits per heavy atom. The van der Waals surface area contributed by atoms with Gasteiger partial charge in [0.15, 0.2) is 0 Å². The Morgan fingerprint density at radius 3 is 2.50 bits per heavy atom. The first-order chi connectivity index (χ1) is 9.52. The first-order valence-corrected chi connectivity index (χ1v) is 7.20. The monoisotopic (exact) mass is 286 g/mol. The van der Waals surface area contributed by atoms with Gasteiger partial charge in [-0.25, -0.2) is 0 Å². The van der Waals surface area contributed by atoms with Crippen molar-refractivity contribution in [2.24, 2.45) is 5.92 Å². The first-order valence-electron chi connectivity index (χ1n) is 7.20. The van der Waals surface area contributed by atoms with Gasteiger partial charge in [0.2, 0.25) is 11.8 Å². The number of hydrogen-bond acceptors (Lipinski definition) is 4. The van der Waals surface area contributed by atoms with Crippen LogP contribution in [0.1, 0.15) is 27.2 Å². The fourth-order valence-corrected chi connectivity index (χ4v) is 2.39. The molecule has 2 amide bonds. The van der Waals surface area contributed by atoms with E-state index in [4.69, 9.17) is 9.47 Å². The maximum absolute atomic E-state index is 12.4. The van der Waals surface area contributed by atoms with Crippen LogP contribution in [0.25, 0.3) is 0 Å². The minimum absolute atomic E-state index is 0.0128. The molecular formula is C14H26N2O4. The number of carbonyl (C=O) groups is 2. The quantitative estimate of drug-likeness (QED) is 0.656. The summed E-state index contributed by atoms with van der Waals surface area (Å²) in [6.07, 6.45) is 0.608. The number of carbonyl (C=O) groups excluding carboxylic acids is 2. The van der Waals surface area contributed by atoms with Crippen molar-refractivity contribution in [2.75, 3.05) is 33.5 Å². The van der Waals surface area contributed by atoms with Crippen LogP contribution in [0.2, 0.25) is 0 Å². The van der Waals surface area contributed by atoms with E-state index in [0.717, 1.165) is 0 Å². The Bertz CT molecular complexity index is 333. The van der Waals surface area contributed by atoms with E-state index in [0.29, 0.717) is 32.8 Å². The van der Waals surface area contributed by atoms with Gasteiger partial charge in [0.1, 0.15) is 12.1 Å². The van der Waals surface area contributed by atoms with E-state index in [1.807, 2.05) is 20.8 Å². The van der Waals surface area contributed by atoms with Crippen molar-refractivity contribution < 1.29 is 19.1 Å². The Balaban J connectivity index is 2.63. The fraction of sp³-hybridized carbons (Fsp3) is 0.857. The topological polar surface area (TPSA) is 67.9 Å². The molecule has 0 spiro atoms. The van der Waals surface area contributed by atoms with Crippen LogP contribution in [-0.2, 0) is 19.1 Å². The molecule has 116 valence electrons. The average Bonchev–Trinajstić information content (AvgIpc) is 2.41. The number of piperazine rings is 1. The van der Waals surface area contributed by atoms with E-state index < -0.39 is 12.1 Å². The summed E-state index contributed by atoms with van der Waals surface area (Å²) in [5.74, 6) is 0.000198. The SMILES string of the molecule is CCC1NC(=O)C(C(C)C)N(CCOCCOC)C1=O. The summed E-state index contributed by atoms with van der Waals surface area (Å²) in [4.78, 5) is 26.2. The number of ether oxygens (including phenoxy) is 2. The predicted octanol–water partition coefficient (Wildman–Crippen LogP) is 0.411. The van der Waals surface area contributed by atoms with Crippen LogP contribution in [0.5, 0.6) is 0 Å². The van der Waals surface area contributed by atoms with Crippen LogP contribution < -0.4 is 5.32 Å². The highest BCUT2D eigenvalue weighted by molar-refractivity contribution is 5.97. The molecule has 6 heteroatoms. The standard InChI is InChI=1S/C14H26N2O4/c1-5-11-14(18)16(6-7-20-9-8-19-4)12(10(2)3)13(17)15-11/h10-12H,5-9H2,1-4H3,(H,15,17). The maximum atomic E-state index is 12.4. The maximum Gasteiger partial charge on any atom is 0.245 e. The van der Waals surface area contributed by atoms with Crippen molar-refractivity contribution in [3.63, 3.8) is 0 Å². The minimum Gasteiger partial charge on any atom is -0.382 e. The van der Waals surface area contributed by atoms with E-state index in [9.17, 15) is 9.59 Å². The molecule has 1 heterocycles. The largest absolute Gasteiger partial charge is 0.382 e. The van der Waals surface area contributed by atoms with Crippen molar-refractivity contribution in [1.82, 2.24) is 10.2 Å². The van der Waals surface area contributed by atoms with Crippen molar-refractivity contribution in [2.45, 2.75) is 39.3 Å². The van der Waals surface area contributed by atoms with Gasteiger partial charge in [-0.05, 0) is 12.3 Å². The lowest BCUT2D eigenvalue weighted by molar-refractivity contribution is -0.152. The molecule has 6 nitrogen and oxygen atoms in total. The van der Waals surface area contributed by atoms with Crippen LogP contribution >= 0.6 is 0 Å². The number of rotatable bonds is 8. The van der Waals surface area contributed by atoms with E-state index in [1.54, 1.807) is 12.0 Å². The van der Waals surface area contributed by atoms with Gasteiger partial charge in [-0.15, -0.1) is 0 Å². The molecule has 0 aliphatic carbocycles. The van der Waals surface area contributed by atoms with Gasteiger partial charge in [0.05, 0.1) is 19.8 Å². The highest BCUT2D eigenvalue weighted by Crippen LogP contribution is 2.18. The third-order valence-electron chi connectivity index (χ3n) is 3.45. The normalized spacial score (nSPS) is 23.4. The molecule has 0 aromatic carbocycles. The minimum atomic E-state index is -0.406. The molecule has 2 atom stereocenters. The molecule has 0 bridgehead atoms. The Labute approximate surface area is 120 Å². The lowest BCUT2D eigenvalue weighted by atomic mass is 9.96. The first kappa shape index (κ1) is 16.9.